The van der Waals surface area contributed by atoms with E-state index in [1.807, 2.05) is 67.8 Å². The number of carboxylic acid groups (broad SMARTS) is 1. The predicted octanol–water partition coefficient (Wildman–Crippen LogP) is 4.32. The molecule has 0 aromatic heterocycles. The Morgan fingerprint density at radius 2 is 1.53 bits per heavy atom. The first-order chi connectivity index (χ1) is 24.2. The van der Waals surface area contributed by atoms with Gasteiger partial charge < -0.3 is 20.0 Å². The second-order valence-electron chi connectivity index (χ2n) is 13.2. The number of hydrogen-bond donors (Lipinski definition) is 1. The van der Waals surface area contributed by atoms with Gasteiger partial charge in [-0.3, -0.25) is 9.69 Å². The van der Waals surface area contributed by atoms with Gasteiger partial charge in [0, 0.05) is 31.3 Å². The molecule has 0 spiro atoms. The number of aryl methyl sites for hydroxylation is 1. The maximum atomic E-state index is 14.3. The number of thioether (sulfide) groups is 1. The molecule has 1 amide bonds. The zero-order chi connectivity index (χ0) is 35.5. The van der Waals surface area contributed by atoms with Crippen molar-refractivity contribution in [3.8, 4) is 11.1 Å². The minimum absolute atomic E-state index is 0. The van der Waals surface area contributed by atoms with Crippen molar-refractivity contribution in [2.75, 3.05) is 18.6 Å². The van der Waals surface area contributed by atoms with Gasteiger partial charge in [-0.15, -0.1) is 0 Å². The van der Waals surface area contributed by atoms with Crippen molar-refractivity contribution in [2.24, 2.45) is 5.92 Å². The van der Waals surface area contributed by atoms with Crippen LogP contribution in [0.5, 0.6) is 0 Å². The van der Waals surface area contributed by atoms with E-state index in [2.05, 4.69) is 22.3 Å². The van der Waals surface area contributed by atoms with Gasteiger partial charge in [-0.05, 0) is 115 Å². The number of hydrogen-bond acceptors (Lipinski definition) is 6. The fraction of sp³-hybridized carbons (Fsp3) is 0.366. The van der Waals surface area contributed by atoms with E-state index >= 15 is 0 Å². The molecule has 1 aliphatic carbocycles. The quantitative estimate of drug-likeness (QED) is 0.175. The molecule has 4 aromatic carbocycles. The molecule has 4 aromatic rings. The average molecular weight is 707 g/mol. The first kappa shape index (κ1) is 40.3. The molecule has 51 heavy (non-hydrogen) atoms. The molecular weight excluding hydrogens is 661 g/mol. The van der Waals surface area contributed by atoms with Crippen molar-refractivity contribution in [2.45, 2.75) is 70.9 Å². The summed E-state index contributed by atoms with van der Waals surface area (Å²) in [5, 5.41) is 14.5. The average Bonchev–Trinajstić information content (AvgIpc) is 3.09. The Labute approximate surface area is 316 Å². The Morgan fingerprint density at radius 3 is 2.20 bits per heavy atom. The monoisotopic (exact) mass is 706 g/mol. The second kappa shape index (κ2) is 20.0. The van der Waals surface area contributed by atoms with Crippen LogP contribution < -0.4 is 29.3 Å². The Hall–Kier alpha value is -3.45. The fourth-order valence-corrected chi connectivity index (χ4v) is 7.22. The van der Waals surface area contributed by atoms with Crippen molar-refractivity contribution in [3.63, 3.8) is 0 Å². The third kappa shape index (κ3) is 12.1. The number of carboxylic acids is 1. The number of rotatable bonds is 16. The van der Waals surface area contributed by atoms with Crippen LogP contribution in [0, 0.1) is 24.5 Å². The molecule has 264 valence electrons. The molecule has 1 atom stereocenters. The molecule has 0 radical (unpaired) electrons. The zero-order valence-corrected chi connectivity index (χ0v) is 30.5. The number of ether oxygens (including phenoxy) is 1. The van der Waals surface area contributed by atoms with Gasteiger partial charge in [0.1, 0.15) is 11.6 Å². The summed E-state index contributed by atoms with van der Waals surface area (Å²) in [4.78, 5) is 27.6. The Kier molecular flexibility index (Phi) is 15.8. The van der Waals surface area contributed by atoms with E-state index < -0.39 is 29.6 Å². The number of carbonyl (C=O) groups excluding carboxylic acids is 2. The summed E-state index contributed by atoms with van der Waals surface area (Å²) in [5.74, 6) is -2.07. The van der Waals surface area contributed by atoms with E-state index in [0.717, 1.165) is 60.5 Å². The standard InChI is InChI=1S/C41H46F2N2O4S.Li/c1-28-8-6-7-11-36(28)38-22-31(14-17-37(38)40(46)44-39(41(47)48)18-19-50-2)25-45(26-32-20-33(42)23-34(43)21-32)24-29-12-15-35(16-13-29)49-27-30-9-4-3-5-10-30;/h3-11,14,17,20-23,29,35,39H,12-13,15-16,18-19,24-27H2,1-2H3,(H,44,46)(H,47,48);/q;+1/p-1/t29?,35?,39-;/m0./s1. The summed E-state index contributed by atoms with van der Waals surface area (Å²) in [6.07, 6.45) is 6.20. The van der Waals surface area contributed by atoms with Gasteiger partial charge in [0.25, 0.3) is 5.91 Å². The van der Waals surface area contributed by atoms with Crippen LogP contribution in [0.1, 0.15) is 64.7 Å². The molecule has 0 unspecified atom stereocenters. The number of aliphatic carboxylic acids is 1. The van der Waals surface area contributed by atoms with Crippen LogP contribution in [-0.2, 0) is 29.2 Å². The minimum Gasteiger partial charge on any atom is -0.548 e. The zero-order valence-electron chi connectivity index (χ0n) is 29.7. The Balaban J connectivity index is 0.00000583. The van der Waals surface area contributed by atoms with Crippen molar-refractivity contribution >= 4 is 23.6 Å². The summed E-state index contributed by atoms with van der Waals surface area (Å²) in [5.41, 5.74) is 5.52. The summed E-state index contributed by atoms with van der Waals surface area (Å²) < 4.78 is 34.7. The third-order valence-corrected chi connectivity index (χ3v) is 9.98. The Bertz CT molecular complexity index is 1720. The summed E-state index contributed by atoms with van der Waals surface area (Å²) in [6, 6.07) is 26.0. The second-order valence-corrected chi connectivity index (χ2v) is 14.2. The predicted molar refractivity (Wildman–Crippen MR) is 193 cm³/mol. The van der Waals surface area contributed by atoms with Crippen LogP contribution in [0.25, 0.3) is 11.1 Å². The molecule has 1 N–H and O–H groups in total. The van der Waals surface area contributed by atoms with Crippen LogP contribution >= 0.6 is 11.8 Å². The van der Waals surface area contributed by atoms with Gasteiger partial charge in [0.05, 0.1) is 24.7 Å². The van der Waals surface area contributed by atoms with Gasteiger partial charge in [-0.2, -0.15) is 11.8 Å². The minimum atomic E-state index is -1.32. The van der Waals surface area contributed by atoms with E-state index in [1.165, 1.54) is 23.9 Å². The van der Waals surface area contributed by atoms with Crippen LogP contribution in [0.4, 0.5) is 8.78 Å². The van der Waals surface area contributed by atoms with Gasteiger partial charge >= 0.3 is 18.9 Å². The van der Waals surface area contributed by atoms with Crippen molar-refractivity contribution in [3.05, 3.63) is 130 Å². The van der Waals surface area contributed by atoms with Crippen LogP contribution in [-0.4, -0.2) is 47.5 Å². The van der Waals surface area contributed by atoms with E-state index in [4.69, 9.17) is 4.74 Å². The van der Waals surface area contributed by atoms with Crippen LogP contribution in [0.3, 0.4) is 0 Å². The molecule has 5 rings (SSSR count). The number of nitrogens with zero attached hydrogens (tertiary/aromatic N) is 1. The molecule has 0 saturated heterocycles. The number of carbonyl (C=O) groups is 2. The number of nitrogens with one attached hydrogen (secondary N) is 1. The maximum Gasteiger partial charge on any atom is 1.00 e. The number of benzene rings is 4. The first-order valence-corrected chi connectivity index (χ1v) is 18.6. The topological polar surface area (TPSA) is 81.7 Å². The fourth-order valence-electron chi connectivity index (χ4n) is 6.74. The molecule has 0 heterocycles. The Morgan fingerprint density at radius 1 is 0.863 bits per heavy atom. The number of amides is 1. The van der Waals surface area contributed by atoms with Crippen LogP contribution in [0.15, 0.2) is 91.0 Å². The van der Waals surface area contributed by atoms with E-state index in [9.17, 15) is 23.5 Å². The molecule has 6 nitrogen and oxygen atoms in total. The van der Waals surface area contributed by atoms with Crippen molar-refractivity contribution in [1.29, 1.82) is 0 Å². The largest absolute Gasteiger partial charge is 1.00 e. The first-order valence-electron chi connectivity index (χ1n) is 17.2. The van der Waals surface area contributed by atoms with Gasteiger partial charge in [0.2, 0.25) is 0 Å². The summed E-state index contributed by atoms with van der Waals surface area (Å²) >= 11 is 1.50. The molecule has 1 aliphatic rings. The van der Waals surface area contributed by atoms with E-state index in [0.29, 0.717) is 48.1 Å². The summed E-state index contributed by atoms with van der Waals surface area (Å²) in [6.45, 7) is 4.13. The molecular formula is C41H45F2LiN2O4S. The van der Waals surface area contributed by atoms with Crippen LogP contribution in [0.2, 0.25) is 0 Å². The molecule has 0 bridgehead atoms. The molecule has 10 heteroatoms. The normalized spacial score (nSPS) is 16.3. The third-order valence-electron chi connectivity index (χ3n) is 9.34. The van der Waals surface area contributed by atoms with E-state index in [-0.39, 0.29) is 31.4 Å². The van der Waals surface area contributed by atoms with Gasteiger partial charge in [-0.25, -0.2) is 8.78 Å². The van der Waals surface area contributed by atoms with Gasteiger partial charge in [-0.1, -0.05) is 60.7 Å². The van der Waals surface area contributed by atoms with Crippen molar-refractivity contribution in [1.82, 2.24) is 10.2 Å². The smallest absolute Gasteiger partial charge is 0.548 e. The summed E-state index contributed by atoms with van der Waals surface area (Å²) in [7, 11) is 0. The molecule has 1 saturated carbocycles. The maximum absolute atomic E-state index is 14.3. The SMILES string of the molecule is CSCC[C@H](NC(=O)c1ccc(CN(Cc2cc(F)cc(F)c2)CC2CCC(OCc3ccccc3)CC2)cc1-c1ccccc1C)C(=O)[O-].[Li+]. The number of halogens is 2. The van der Waals surface area contributed by atoms with Gasteiger partial charge in [0.15, 0.2) is 0 Å². The molecule has 1 fully saturated rings. The van der Waals surface area contributed by atoms with Crippen molar-refractivity contribution < 1.29 is 47.1 Å². The van der Waals surface area contributed by atoms with E-state index in [1.54, 1.807) is 6.07 Å². The molecule has 0 aliphatic heterocycles.